The van der Waals surface area contributed by atoms with Gasteiger partial charge in [-0.3, -0.25) is 19.6 Å². The summed E-state index contributed by atoms with van der Waals surface area (Å²) in [6.07, 6.45) is 6.50. The van der Waals surface area contributed by atoms with E-state index in [-0.39, 0.29) is 17.9 Å². The summed E-state index contributed by atoms with van der Waals surface area (Å²) < 4.78 is 5.82. The monoisotopic (exact) mass is 477 g/mol. The van der Waals surface area contributed by atoms with Crippen LogP contribution in [-0.2, 0) is 22.7 Å². The van der Waals surface area contributed by atoms with Crippen LogP contribution in [-0.4, -0.2) is 31.7 Å². The first-order valence-corrected chi connectivity index (χ1v) is 11.5. The Labute approximate surface area is 208 Å². The Bertz CT molecular complexity index is 1390. The number of likely N-dealkylation sites (tertiary alicyclic amines) is 1. The van der Waals surface area contributed by atoms with Crippen LogP contribution in [0.15, 0.2) is 109 Å². The van der Waals surface area contributed by atoms with E-state index in [9.17, 15) is 14.7 Å². The molecule has 0 aliphatic carbocycles. The van der Waals surface area contributed by atoms with Gasteiger partial charge in [0.05, 0.1) is 11.6 Å². The zero-order valence-corrected chi connectivity index (χ0v) is 19.3. The van der Waals surface area contributed by atoms with Crippen molar-refractivity contribution in [3.8, 4) is 5.75 Å². The fraction of sp³-hybridized carbons (Fsp3) is 0.103. The van der Waals surface area contributed by atoms with Crippen molar-refractivity contribution in [3.05, 3.63) is 131 Å². The van der Waals surface area contributed by atoms with Gasteiger partial charge >= 0.3 is 0 Å². The van der Waals surface area contributed by atoms with E-state index in [2.05, 4.69) is 9.97 Å². The van der Waals surface area contributed by atoms with E-state index in [0.717, 1.165) is 11.1 Å². The van der Waals surface area contributed by atoms with Crippen LogP contribution in [0, 0.1) is 0 Å². The number of Topliss-reactive ketones (excluding diaryl/α,β-unsaturated/α-hetero) is 1. The first-order valence-electron chi connectivity index (χ1n) is 11.5. The highest BCUT2D eigenvalue weighted by molar-refractivity contribution is 6.46. The fourth-order valence-electron chi connectivity index (χ4n) is 4.22. The van der Waals surface area contributed by atoms with Gasteiger partial charge < -0.3 is 14.7 Å². The van der Waals surface area contributed by atoms with E-state index in [1.807, 2.05) is 36.4 Å². The van der Waals surface area contributed by atoms with Crippen molar-refractivity contribution in [2.24, 2.45) is 0 Å². The van der Waals surface area contributed by atoms with Crippen molar-refractivity contribution >= 4 is 17.4 Å². The Morgan fingerprint density at radius 3 is 2.19 bits per heavy atom. The SMILES string of the molecule is O=C1C(=O)N(Cc2cccnc2)[C@H](c2cccnc2)C1=C(O)c1ccc(OCc2ccccc2)cc1. The topological polar surface area (TPSA) is 92.6 Å². The molecule has 5 rings (SSSR count). The number of aliphatic hydroxyl groups is 1. The smallest absolute Gasteiger partial charge is 0.295 e. The summed E-state index contributed by atoms with van der Waals surface area (Å²) >= 11 is 0. The molecule has 0 spiro atoms. The van der Waals surface area contributed by atoms with Crippen molar-refractivity contribution in [1.29, 1.82) is 0 Å². The summed E-state index contributed by atoms with van der Waals surface area (Å²) in [6.45, 7) is 0.577. The van der Waals surface area contributed by atoms with Gasteiger partial charge in [0, 0.05) is 36.9 Å². The van der Waals surface area contributed by atoms with Gasteiger partial charge in [-0.15, -0.1) is 0 Å². The maximum absolute atomic E-state index is 13.2. The molecule has 1 aliphatic rings. The van der Waals surface area contributed by atoms with Gasteiger partial charge in [0.1, 0.15) is 18.1 Å². The molecule has 2 aromatic carbocycles. The number of aliphatic hydroxyl groups excluding tert-OH is 1. The molecule has 4 aromatic rings. The van der Waals surface area contributed by atoms with E-state index < -0.39 is 17.7 Å². The van der Waals surface area contributed by atoms with Crippen LogP contribution in [0.3, 0.4) is 0 Å². The summed E-state index contributed by atoms with van der Waals surface area (Å²) in [5, 5.41) is 11.2. The highest BCUT2D eigenvalue weighted by Crippen LogP contribution is 2.40. The maximum atomic E-state index is 13.2. The quantitative estimate of drug-likeness (QED) is 0.236. The number of hydrogen-bond acceptors (Lipinski definition) is 6. The molecule has 1 aliphatic heterocycles. The molecule has 0 saturated carbocycles. The Hall–Kier alpha value is -4.78. The van der Waals surface area contributed by atoms with E-state index >= 15 is 0 Å². The molecule has 1 saturated heterocycles. The second kappa shape index (κ2) is 10.2. The Kier molecular flexibility index (Phi) is 6.53. The van der Waals surface area contributed by atoms with Crippen LogP contribution in [0.4, 0.5) is 0 Å². The number of carbonyl (C=O) groups excluding carboxylic acids is 2. The number of nitrogens with zero attached hydrogens (tertiary/aromatic N) is 3. The first kappa shape index (κ1) is 23.0. The van der Waals surface area contributed by atoms with Gasteiger partial charge in [0.15, 0.2) is 0 Å². The number of hydrogen-bond donors (Lipinski definition) is 1. The average molecular weight is 478 g/mol. The zero-order chi connectivity index (χ0) is 24.9. The molecule has 178 valence electrons. The number of ether oxygens (including phenoxy) is 1. The van der Waals surface area contributed by atoms with E-state index in [4.69, 9.17) is 4.74 Å². The number of ketones is 1. The molecular formula is C29H23N3O4. The molecule has 3 heterocycles. The molecule has 1 fully saturated rings. The average Bonchev–Trinajstić information content (AvgIpc) is 3.18. The molecule has 7 nitrogen and oxygen atoms in total. The maximum Gasteiger partial charge on any atom is 0.295 e. The molecule has 2 aromatic heterocycles. The Morgan fingerprint density at radius 2 is 1.53 bits per heavy atom. The predicted octanol–water partition coefficient (Wildman–Crippen LogP) is 4.68. The molecule has 36 heavy (non-hydrogen) atoms. The summed E-state index contributed by atoms with van der Waals surface area (Å²) in [7, 11) is 0. The van der Waals surface area contributed by atoms with Gasteiger partial charge in [-0.05, 0) is 53.1 Å². The molecule has 7 heteroatoms. The third kappa shape index (κ3) is 4.72. The summed E-state index contributed by atoms with van der Waals surface area (Å²) in [6, 6.07) is 22.9. The van der Waals surface area contributed by atoms with Crippen LogP contribution in [0.5, 0.6) is 5.75 Å². The lowest BCUT2D eigenvalue weighted by Gasteiger charge is -2.25. The molecule has 1 atom stereocenters. The number of aromatic nitrogens is 2. The highest BCUT2D eigenvalue weighted by atomic mass is 16.5. The number of rotatable bonds is 7. The van der Waals surface area contributed by atoms with Crippen molar-refractivity contribution in [2.75, 3.05) is 0 Å². The minimum atomic E-state index is -0.784. The Balaban J connectivity index is 1.47. The van der Waals surface area contributed by atoms with Crippen molar-refractivity contribution < 1.29 is 19.4 Å². The van der Waals surface area contributed by atoms with Gasteiger partial charge in [-0.1, -0.05) is 42.5 Å². The standard InChI is InChI=1S/C29H23N3O4/c33-27(22-10-12-24(13-11-22)36-19-20-6-2-1-3-7-20)25-26(23-9-5-15-31-17-23)32(29(35)28(25)34)18-21-8-4-14-30-16-21/h1-17,26,33H,18-19H2/t26-/m1/s1. The largest absolute Gasteiger partial charge is 0.507 e. The van der Waals surface area contributed by atoms with Crippen molar-refractivity contribution in [3.63, 3.8) is 0 Å². The second-order valence-electron chi connectivity index (χ2n) is 8.37. The zero-order valence-electron chi connectivity index (χ0n) is 19.3. The molecule has 1 N–H and O–H groups in total. The predicted molar refractivity (Wildman–Crippen MR) is 134 cm³/mol. The summed E-state index contributed by atoms with van der Waals surface area (Å²) in [5.74, 6) is -1.05. The number of amides is 1. The molecule has 0 unspecified atom stereocenters. The van der Waals surface area contributed by atoms with Crippen molar-refractivity contribution in [2.45, 2.75) is 19.2 Å². The van der Waals surface area contributed by atoms with Gasteiger partial charge in [-0.25, -0.2) is 0 Å². The molecular weight excluding hydrogens is 454 g/mol. The first-order chi connectivity index (χ1) is 17.6. The normalized spacial score (nSPS) is 16.8. The molecule has 1 amide bonds. The lowest BCUT2D eigenvalue weighted by molar-refractivity contribution is -0.140. The lowest BCUT2D eigenvalue weighted by atomic mass is 9.96. The van der Waals surface area contributed by atoms with Crippen LogP contribution < -0.4 is 4.74 Å². The van der Waals surface area contributed by atoms with E-state index in [1.165, 1.54) is 4.90 Å². The molecule has 0 bridgehead atoms. The second-order valence-corrected chi connectivity index (χ2v) is 8.37. The van der Waals surface area contributed by atoms with Crippen LogP contribution >= 0.6 is 0 Å². The van der Waals surface area contributed by atoms with Crippen LogP contribution in [0.2, 0.25) is 0 Å². The minimum absolute atomic E-state index is 0.0230. The number of carbonyl (C=O) groups is 2. The third-order valence-electron chi connectivity index (χ3n) is 5.99. The number of benzene rings is 2. The van der Waals surface area contributed by atoms with E-state index in [1.54, 1.807) is 67.3 Å². The van der Waals surface area contributed by atoms with Crippen LogP contribution in [0.1, 0.15) is 28.3 Å². The van der Waals surface area contributed by atoms with Gasteiger partial charge in [0.2, 0.25) is 0 Å². The highest BCUT2D eigenvalue weighted by Gasteiger charge is 2.46. The fourth-order valence-corrected chi connectivity index (χ4v) is 4.22. The Morgan fingerprint density at radius 1 is 0.833 bits per heavy atom. The van der Waals surface area contributed by atoms with Crippen molar-refractivity contribution in [1.82, 2.24) is 14.9 Å². The van der Waals surface area contributed by atoms with Gasteiger partial charge in [0.25, 0.3) is 11.7 Å². The van der Waals surface area contributed by atoms with E-state index in [0.29, 0.717) is 23.5 Å². The molecule has 0 radical (unpaired) electrons. The van der Waals surface area contributed by atoms with Crippen LogP contribution in [0.25, 0.3) is 5.76 Å². The minimum Gasteiger partial charge on any atom is -0.507 e. The third-order valence-corrected chi connectivity index (χ3v) is 5.99. The van der Waals surface area contributed by atoms with Gasteiger partial charge in [-0.2, -0.15) is 0 Å². The lowest BCUT2D eigenvalue weighted by Crippen LogP contribution is -2.29. The summed E-state index contributed by atoms with van der Waals surface area (Å²) in [4.78, 5) is 36.0. The number of pyridine rings is 2. The summed E-state index contributed by atoms with van der Waals surface area (Å²) in [5.41, 5.74) is 2.87.